The van der Waals surface area contributed by atoms with Gasteiger partial charge in [0.1, 0.15) is 0 Å². The molecule has 1 aromatic heterocycles. The number of rotatable bonds is 1. The van der Waals surface area contributed by atoms with E-state index < -0.39 is 5.97 Å². The highest BCUT2D eigenvalue weighted by Crippen LogP contribution is 2.17. The molecule has 0 radical (unpaired) electrons. The Morgan fingerprint density at radius 3 is 2.77 bits per heavy atom. The van der Waals surface area contributed by atoms with Crippen molar-refractivity contribution in [3.8, 4) is 0 Å². The van der Waals surface area contributed by atoms with Gasteiger partial charge in [0.05, 0.1) is 27.2 Å². The predicted octanol–water partition coefficient (Wildman–Crippen LogP) is 1.89. The van der Waals surface area contributed by atoms with Gasteiger partial charge >= 0.3 is 5.97 Å². The second kappa shape index (κ2) is 2.85. The number of halogens is 1. The van der Waals surface area contributed by atoms with Gasteiger partial charge in [-0.3, -0.25) is 3.59 Å². The van der Waals surface area contributed by atoms with E-state index in [4.69, 9.17) is 5.11 Å². The van der Waals surface area contributed by atoms with E-state index >= 15 is 0 Å². The van der Waals surface area contributed by atoms with Gasteiger partial charge in [-0.15, -0.1) is 0 Å². The van der Waals surface area contributed by atoms with Crippen LogP contribution < -0.4 is 0 Å². The average Bonchev–Trinajstić information content (AvgIpc) is 2.45. The maximum absolute atomic E-state index is 10.7. The van der Waals surface area contributed by atoms with Gasteiger partial charge in [-0.2, -0.15) is 0 Å². The third kappa shape index (κ3) is 1.21. The molecule has 0 bridgehead atoms. The van der Waals surface area contributed by atoms with Gasteiger partial charge in [-0.05, 0) is 12.1 Å². The van der Waals surface area contributed by atoms with Crippen LogP contribution in [0.15, 0.2) is 24.3 Å². The van der Waals surface area contributed by atoms with Gasteiger partial charge in [0.15, 0.2) is 0 Å². The summed E-state index contributed by atoms with van der Waals surface area (Å²) in [5, 5.41) is 8.75. The van der Waals surface area contributed by atoms with Crippen molar-refractivity contribution in [3.05, 3.63) is 30.1 Å². The van der Waals surface area contributed by atoms with E-state index in [-0.39, 0.29) is 5.82 Å². The highest BCUT2D eigenvalue weighted by atomic mass is 79.9. The van der Waals surface area contributed by atoms with Gasteiger partial charge < -0.3 is 5.11 Å². The van der Waals surface area contributed by atoms with Gasteiger partial charge in [0.25, 0.3) is 0 Å². The fourth-order valence-corrected chi connectivity index (χ4v) is 1.66. The van der Waals surface area contributed by atoms with Crippen LogP contribution >= 0.6 is 16.1 Å². The molecule has 1 aromatic carbocycles. The topological polar surface area (TPSA) is 55.1 Å². The summed E-state index contributed by atoms with van der Waals surface area (Å²) in [7, 11) is 0. The lowest BCUT2D eigenvalue weighted by Gasteiger charge is -1.92. The maximum atomic E-state index is 10.7. The minimum absolute atomic E-state index is 0.0128. The molecule has 2 rings (SSSR count). The zero-order valence-corrected chi connectivity index (χ0v) is 8.02. The van der Waals surface area contributed by atoms with Crippen molar-refractivity contribution in [1.82, 2.24) is 8.58 Å². The molecular formula is C8H5BrN2O2. The van der Waals surface area contributed by atoms with Gasteiger partial charge in [0, 0.05) is 0 Å². The third-order valence-corrected chi connectivity index (χ3v) is 2.41. The Morgan fingerprint density at radius 2 is 2.15 bits per heavy atom. The normalized spacial score (nSPS) is 10.5. The fraction of sp³-hybridized carbons (Fsp3) is 0. The lowest BCUT2D eigenvalue weighted by atomic mass is 10.3. The van der Waals surface area contributed by atoms with Crippen LogP contribution in [0.3, 0.4) is 0 Å². The summed E-state index contributed by atoms with van der Waals surface area (Å²) in [5.74, 6) is -1.06. The Labute approximate surface area is 82.2 Å². The van der Waals surface area contributed by atoms with E-state index in [1.165, 1.54) is 3.59 Å². The molecule has 1 N–H and O–H groups in total. The molecule has 0 spiro atoms. The Kier molecular flexibility index (Phi) is 1.81. The third-order valence-electron chi connectivity index (χ3n) is 1.70. The number of aromatic carboxylic acids is 1. The smallest absolute Gasteiger partial charge is 0.373 e. The standard InChI is InChI=1S/C8H5BrN2O2/c9-11-6-4-2-1-3-5(6)10-7(11)8(12)13/h1-4H,(H,12,13). The Balaban J connectivity index is 2.81. The number of imidazole rings is 1. The highest BCUT2D eigenvalue weighted by molar-refractivity contribution is 9.08. The zero-order chi connectivity index (χ0) is 9.42. The molecule has 13 heavy (non-hydrogen) atoms. The summed E-state index contributed by atoms with van der Waals surface area (Å²) in [6.45, 7) is 0. The molecule has 0 saturated carbocycles. The summed E-state index contributed by atoms with van der Waals surface area (Å²) in [6.07, 6.45) is 0. The molecule has 0 saturated heterocycles. The number of carboxylic acids is 1. The minimum atomic E-state index is -1.05. The first-order chi connectivity index (χ1) is 6.20. The van der Waals surface area contributed by atoms with E-state index in [9.17, 15) is 4.79 Å². The lowest BCUT2D eigenvalue weighted by Crippen LogP contribution is -2.02. The SMILES string of the molecule is O=C(O)c1nc2ccccc2n1Br. The van der Waals surface area contributed by atoms with E-state index in [1.54, 1.807) is 12.1 Å². The monoisotopic (exact) mass is 240 g/mol. The number of hydrogen-bond donors (Lipinski definition) is 1. The molecule has 0 unspecified atom stereocenters. The summed E-state index contributed by atoms with van der Waals surface area (Å²) < 4.78 is 1.38. The molecule has 1 heterocycles. The van der Waals surface area contributed by atoms with Crippen molar-refractivity contribution in [2.24, 2.45) is 0 Å². The van der Waals surface area contributed by atoms with Crippen molar-refractivity contribution in [3.63, 3.8) is 0 Å². The van der Waals surface area contributed by atoms with Crippen molar-refractivity contribution in [1.29, 1.82) is 0 Å². The Morgan fingerprint density at radius 1 is 1.46 bits per heavy atom. The molecule has 0 fully saturated rings. The summed E-state index contributed by atoms with van der Waals surface area (Å²) in [6, 6.07) is 7.20. The number of carboxylic acid groups (broad SMARTS) is 1. The molecular weight excluding hydrogens is 236 g/mol. The largest absolute Gasteiger partial charge is 0.475 e. The summed E-state index contributed by atoms with van der Waals surface area (Å²) in [5.41, 5.74) is 1.41. The second-order valence-electron chi connectivity index (χ2n) is 2.51. The molecule has 0 aliphatic rings. The number of carbonyl (C=O) groups is 1. The zero-order valence-electron chi connectivity index (χ0n) is 6.44. The van der Waals surface area contributed by atoms with Gasteiger partial charge in [-0.1, -0.05) is 12.1 Å². The van der Waals surface area contributed by atoms with Crippen LogP contribution in [-0.4, -0.2) is 19.7 Å². The second-order valence-corrected chi connectivity index (χ2v) is 3.22. The molecule has 0 atom stereocenters. The predicted molar refractivity (Wildman–Crippen MR) is 51.0 cm³/mol. The summed E-state index contributed by atoms with van der Waals surface area (Å²) in [4.78, 5) is 14.6. The van der Waals surface area contributed by atoms with E-state index in [0.29, 0.717) is 5.52 Å². The van der Waals surface area contributed by atoms with E-state index in [0.717, 1.165) is 5.52 Å². The Hall–Kier alpha value is -1.36. The first-order valence-electron chi connectivity index (χ1n) is 3.57. The molecule has 0 amide bonds. The molecule has 4 nitrogen and oxygen atoms in total. The number of benzene rings is 1. The lowest BCUT2D eigenvalue weighted by molar-refractivity contribution is 0.0684. The fourth-order valence-electron chi connectivity index (χ4n) is 1.13. The van der Waals surface area contributed by atoms with E-state index in [1.807, 2.05) is 12.1 Å². The van der Waals surface area contributed by atoms with Crippen LogP contribution in [0.4, 0.5) is 0 Å². The van der Waals surface area contributed by atoms with Crippen LogP contribution in [0, 0.1) is 0 Å². The van der Waals surface area contributed by atoms with Crippen molar-refractivity contribution in [2.75, 3.05) is 0 Å². The Bertz CT molecular complexity index is 478. The molecule has 5 heteroatoms. The molecule has 66 valence electrons. The number of aromatic nitrogens is 2. The van der Waals surface area contributed by atoms with Crippen LogP contribution in [0.25, 0.3) is 11.0 Å². The molecule has 0 aliphatic carbocycles. The van der Waals surface area contributed by atoms with Crippen molar-refractivity contribution in [2.45, 2.75) is 0 Å². The quantitative estimate of drug-likeness (QED) is 0.829. The van der Waals surface area contributed by atoms with E-state index in [2.05, 4.69) is 21.1 Å². The number of hydrogen-bond acceptors (Lipinski definition) is 2. The number of fused-ring (bicyclic) bond motifs is 1. The van der Waals surface area contributed by atoms with Gasteiger partial charge in [-0.25, -0.2) is 9.78 Å². The van der Waals surface area contributed by atoms with Crippen LogP contribution in [0.5, 0.6) is 0 Å². The van der Waals surface area contributed by atoms with Crippen molar-refractivity contribution < 1.29 is 9.90 Å². The first kappa shape index (κ1) is 8.25. The number of nitrogens with zero attached hydrogens (tertiary/aromatic N) is 2. The molecule has 2 aromatic rings. The van der Waals surface area contributed by atoms with Crippen LogP contribution in [-0.2, 0) is 0 Å². The molecule has 0 aliphatic heterocycles. The minimum Gasteiger partial charge on any atom is -0.475 e. The number of para-hydroxylation sites is 2. The van der Waals surface area contributed by atoms with Crippen LogP contribution in [0.1, 0.15) is 10.6 Å². The average molecular weight is 241 g/mol. The maximum Gasteiger partial charge on any atom is 0.373 e. The highest BCUT2D eigenvalue weighted by Gasteiger charge is 2.13. The summed E-state index contributed by atoms with van der Waals surface area (Å²) >= 11 is 3.13. The van der Waals surface area contributed by atoms with Crippen molar-refractivity contribution >= 4 is 33.1 Å². The first-order valence-corrected chi connectivity index (χ1v) is 4.28. The van der Waals surface area contributed by atoms with Gasteiger partial charge in [0.2, 0.25) is 5.82 Å². The van der Waals surface area contributed by atoms with Crippen LogP contribution in [0.2, 0.25) is 0 Å².